The second kappa shape index (κ2) is 8.07. The molecule has 1 unspecified atom stereocenters. The molecule has 0 aliphatic heterocycles. The van der Waals surface area contributed by atoms with Gasteiger partial charge in [-0.25, -0.2) is 0 Å². The fourth-order valence-corrected chi connectivity index (χ4v) is 2.61. The number of hydrogen-bond acceptors (Lipinski definition) is 3. The van der Waals surface area contributed by atoms with Crippen LogP contribution in [0.1, 0.15) is 25.0 Å². The zero-order chi connectivity index (χ0) is 14.3. The van der Waals surface area contributed by atoms with Crippen LogP contribution in [0.15, 0.2) is 18.2 Å². The van der Waals surface area contributed by atoms with Crippen LogP contribution >= 0.6 is 0 Å². The van der Waals surface area contributed by atoms with Crippen LogP contribution in [0.5, 0.6) is 0 Å². The number of nitrogens with one attached hydrogen (secondary N) is 1. The molecule has 0 saturated heterocycles. The summed E-state index contributed by atoms with van der Waals surface area (Å²) in [5, 5.41) is 11.5. The Bertz CT molecular complexity index is 438. The summed E-state index contributed by atoms with van der Waals surface area (Å²) in [6, 6.07) is 5.95. The number of anilines is 1. The lowest BCUT2D eigenvalue weighted by molar-refractivity contribution is -0.113. The lowest BCUT2D eigenvalue weighted by Gasteiger charge is -2.14. The minimum absolute atomic E-state index is 0.0677. The summed E-state index contributed by atoms with van der Waals surface area (Å²) >= 11 is 0. The third kappa shape index (κ3) is 4.76. The van der Waals surface area contributed by atoms with E-state index in [4.69, 9.17) is 5.11 Å². The Kier molecular flexibility index (Phi) is 6.73. The van der Waals surface area contributed by atoms with E-state index in [-0.39, 0.29) is 24.0 Å². The Hall–Kier alpha value is -1.20. The summed E-state index contributed by atoms with van der Waals surface area (Å²) < 4.78 is 11.4. The number of carbonyl (C=O) groups excluding carboxylic acids is 1. The smallest absolute Gasteiger partial charge is 0.237 e. The van der Waals surface area contributed by atoms with Crippen molar-refractivity contribution in [1.29, 1.82) is 0 Å². The minimum Gasteiger partial charge on any atom is -0.395 e. The second-order valence-corrected chi connectivity index (χ2v) is 5.80. The van der Waals surface area contributed by atoms with Gasteiger partial charge < -0.3 is 10.4 Å². The quantitative estimate of drug-likeness (QED) is 0.797. The first-order valence-electron chi connectivity index (χ1n) is 6.48. The van der Waals surface area contributed by atoms with E-state index in [9.17, 15) is 9.00 Å². The fraction of sp³-hybridized carbons (Fsp3) is 0.500. The molecule has 0 aromatic heterocycles. The average Bonchev–Trinajstić information content (AvgIpc) is 2.39. The van der Waals surface area contributed by atoms with Crippen molar-refractivity contribution in [3.63, 3.8) is 0 Å². The lowest BCUT2D eigenvalue weighted by Crippen LogP contribution is -2.23. The first-order chi connectivity index (χ1) is 9.12. The molecule has 5 heteroatoms. The zero-order valence-corrected chi connectivity index (χ0v) is 12.3. The molecule has 1 aromatic carbocycles. The number of amides is 1. The van der Waals surface area contributed by atoms with E-state index < -0.39 is 10.8 Å². The standard InChI is InChI=1S/C14H21NO3S/c1-3-11-6-5-7-12(4-2)14(11)15-13(17)10-19(18)9-8-16/h5-7,16H,3-4,8-10H2,1-2H3,(H,15,17). The van der Waals surface area contributed by atoms with Crippen molar-refractivity contribution in [2.24, 2.45) is 0 Å². The van der Waals surface area contributed by atoms with Crippen molar-refractivity contribution in [2.75, 3.05) is 23.4 Å². The Balaban J connectivity index is 2.80. The van der Waals surface area contributed by atoms with Crippen molar-refractivity contribution in [3.8, 4) is 0 Å². The van der Waals surface area contributed by atoms with Gasteiger partial charge in [0.05, 0.1) is 6.61 Å². The molecular formula is C14H21NO3S. The summed E-state index contributed by atoms with van der Waals surface area (Å²) in [5.41, 5.74) is 3.01. The van der Waals surface area contributed by atoms with Gasteiger partial charge in [0.15, 0.2) is 0 Å². The van der Waals surface area contributed by atoms with Crippen molar-refractivity contribution in [2.45, 2.75) is 26.7 Å². The van der Waals surface area contributed by atoms with Gasteiger partial charge in [-0.15, -0.1) is 0 Å². The molecule has 0 saturated carbocycles. The van der Waals surface area contributed by atoms with Crippen LogP contribution in [-0.2, 0) is 28.4 Å². The molecule has 0 fully saturated rings. The summed E-state index contributed by atoms with van der Waals surface area (Å²) in [5.74, 6) is -0.187. The maximum absolute atomic E-state index is 11.8. The van der Waals surface area contributed by atoms with Gasteiger partial charge in [0, 0.05) is 22.2 Å². The molecule has 19 heavy (non-hydrogen) atoms. The topological polar surface area (TPSA) is 66.4 Å². The van der Waals surface area contributed by atoms with Crippen molar-refractivity contribution in [1.82, 2.24) is 0 Å². The van der Waals surface area contributed by atoms with Crippen molar-refractivity contribution < 1.29 is 14.1 Å². The third-order valence-corrected chi connectivity index (χ3v) is 4.10. The summed E-state index contributed by atoms with van der Waals surface area (Å²) in [4.78, 5) is 11.8. The summed E-state index contributed by atoms with van der Waals surface area (Å²) in [6.45, 7) is 3.91. The van der Waals surface area contributed by atoms with E-state index in [1.807, 2.05) is 32.0 Å². The van der Waals surface area contributed by atoms with Crippen LogP contribution in [0.25, 0.3) is 0 Å². The van der Waals surface area contributed by atoms with E-state index in [1.165, 1.54) is 0 Å². The molecule has 0 aliphatic carbocycles. The Morgan fingerprint density at radius 3 is 2.32 bits per heavy atom. The maximum Gasteiger partial charge on any atom is 0.237 e. The van der Waals surface area contributed by atoms with Crippen molar-refractivity contribution in [3.05, 3.63) is 29.3 Å². The van der Waals surface area contributed by atoms with E-state index >= 15 is 0 Å². The van der Waals surface area contributed by atoms with Gasteiger partial charge in [0.2, 0.25) is 5.91 Å². The number of benzene rings is 1. The molecule has 1 aromatic rings. The Morgan fingerprint density at radius 2 is 1.84 bits per heavy atom. The van der Waals surface area contributed by atoms with Gasteiger partial charge >= 0.3 is 0 Å². The predicted octanol–water partition coefficient (Wildman–Crippen LogP) is 1.49. The minimum atomic E-state index is -1.30. The van der Waals surface area contributed by atoms with Crippen LogP contribution in [0, 0.1) is 0 Å². The molecule has 4 nitrogen and oxygen atoms in total. The first kappa shape index (κ1) is 15.9. The van der Waals surface area contributed by atoms with Crippen LogP contribution in [0.3, 0.4) is 0 Å². The predicted molar refractivity (Wildman–Crippen MR) is 78.8 cm³/mol. The summed E-state index contributed by atoms with van der Waals surface area (Å²) in [6.07, 6.45) is 1.67. The van der Waals surface area contributed by atoms with Crippen molar-refractivity contribution >= 4 is 22.4 Å². The molecular weight excluding hydrogens is 262 g/mol. The normalized spacial score (nSPS) is 12.2. The Morgan fingerprint density at radius 1 is 1.26 bits per heavy atom. The number of carbonyl (C=O) groups is 1. The van der Waals surface area contributed by atoms with E-state index in [0.29, 0.717) is 0 Å². The molecule has 106 valence electrons. The molecule has 1 amide bonds. The monoisotopic (exact) mass is 283 g/mol. The largest absolute Gasteiger partial charge is 0.395 e. The van der Waals surface area contributed by atoms with E-state index in [1.54, 1.807) is 0 Å². The average molecular weight is 283 g/mol. The third-order valence-electron chi connectivity index (χ3n) is 2.87. The highest BCUT2D eigenvalue weighted by molar-refractivity contribution is 7.85. The fourth-order valence-electron chi connectivity index (χ4n) is 1.90. The van der Waals surface area contributed by atoms with E-state index in [0.717, 1.165) is 29.7 Å². The van der Waals surface area contributed by atoms with Gasteiger partial charge in [0.25, 0.3) is 0 Å². The molecule has 0 radical (unpaired) electrons. The number of aryl methyl sites for hydroxylation is 2. The molecule has 0 spiro atoms. The SMILES string of the molecule is CCc1cccc(CC)c1NC(=O)CS(=O)CCO. The van der Waals surface area contributed by atoms with E-state index in [2.05, 4.69) is 5.32 Å². The molecule has 0 heterocycles. The highest BCUT2D eigenvalue weighted by Crippen LogP contribution is 2.22. The molecule has 1 rings (SSSR count). The zero-order valence-electron chi connectivity index (χ0n) is 11.4. The Labute approximate surface area is 116 Å². The number of aliphatic hydroxyl groups excluding tert-OH is 1. The van der Waals surface area contributed by atoms with Gasteiger partial charge in [-0.2, -0.15) is 0 Å². The highest BCUT2D eigenvalue weighted by Gasteiger charge is 2.12. The van der Waals surface area contributed by atoms with Gasteiger partial charge in [-0.1, -0.05) is 32.0 Å². The molecule has 2 N–H and O–H groups in total. The maximum atomic E-state index is 11.8. The second-order valence-electron chi connectivity index (χ2n) is 4.22. The number of hydrogen-bond donors (Lipinski definition) is 2. The van der Waals surface area contributed by atoms with Crippen LogP contribution in [0.2, 0.25) is 0 Å². The van der Waals surface area contributed by atoms with Crippen LogP contribution in [0.4, 0.5) is 5.69 Å². The lowest BCUT2D eigenvalue weighted by atomic mass is 10.0. The number of rotatable bonds is 7. The van der Waals surface area contributed by atoms with Gasteiger partial charge in [0.1, 0.15) is 5.75 Å². The molecule has 0 aliphatic rings. The molecule has 0 bridgehead atoms. The number of para-hydroxylation sites is 1. The summed E-state index contributed by atoms with van der Waals surface area (Å²) in [7, 11) is -1.30. The highest BCUT2D eigenvalue weighted by atomic mass is 32.2. The van der Waals surface area contributed by atoms with Gasteiger partial charge in [-0.05, 0) is 24.0 Å². The van der Waals surface area contributed by atoms with Crippen LogP contribution in [-0.4, -0.2) is 33.3 Å². The number of aliphatic hydroxyl groups is 1. The van der Waals surface area contributed by atoms with Gasteiger partial charge in [-0.3, -0.25) is 9.00 Å². The first-order valence-corrected chi connectivity index (χ1v) is 7.97. The van der Waals surface area contributed by atoms with Crippen LogP contribution < -0.4 is 5.32 Å². The molecule has 1 atom stereocenters.